The summed E-state index contributed by atoms with van der Waals surface area (Å²) >= 11 is 0. The van der Waals surface area contributed by atoms with Gasteiger partial charge < -0.3 is 52.4 Å². The molecule has 1 fully saturated rings. The summed E-state index contributed by atoms with van der Waals surface area (Å²) in [7, 11) is 4.52. The average molecular weight is 916 g/mol. The highest BCUT2D eigenvalue weighted by molar-refractivity contribution is 5.97. The monoisotopic (exact) mass is 915 g/mol. The van der Waals surface area contributed by atoms with E-state index in [1.54, 1.807) is 24.1 Å². The summed E-state index contributed by atoms with van der Waals surface area (Å²) in [5.74, 6) is -4.30. The lowest BCUT2D eigenvalue weighted by molar-refractivity contribution is -0.142. The van der Waals surface area contributed by atoms with E-state index in [-0.39, 0.29) is 88.3 Å². The Bertz CT molecular complexity index is 2160. The van der Waals surface area contributed by atoms with E-state index in [1.165, 1.54) is 31.2 Å². The van der Waals surface area contributed by atoms with Crippen LogP contribution in [0.5, 0.6) is 5.75 Å². The Morgan fingerprint density at radius 3 is 2.17 bits per heavy atom. The molecule has 1 aliphatic rings. The molecule has 4 rings (SSSR count). The van der Waals surface area contributed by atoms with Crippen LogP contribution in [0, 0.1) is 5.41 Å². The number of rotatable bonds is 20. The molecule has 1 aliphatic heterocycles. The molecule has 6 amide bonds. The Balaban J connectivity index is 1.60. The van der Waals surface area contributed by atoms with Crippen LogP contribution >= 0.6 is 0 Å². The number of hydrogen-bond acceptors (Lipinski definition) is 12. The third-order valence-corrected chi connectivity index (χ3v) is 11.3. The maximum atomic E-state index is 14.5. The minimum absolute atomic E-state index is 0.00138. The highest BCUT2D eigenvalue weighted by Gasteiger charge is 2.35. The lowest BCUT2D eigenvalue weighted by Crippen LogP contribution is -2.58. The van der Waals surface area contributed by atoms with Crippen LogP contribution in [0.4, 0.5) is 0 Å². The number of carbonyl (C=O) groups is 7. The number of nitrogens with one attached hydrogen (secondary N) is 7. The van der Waals surface area contributed by atoms with Gasteiger partial charge in [-0.2, -0.15) is 0 Å². The van der Waals surface area contributed by atoms with Crippen LogP contribution in [-0.4, -0.2) is 165 Å². The summed E-state index contributed by atoms with van der Waals surface area (Å²) in [5, 5.41) is 35.9. The molecule has 20 nitrogen and oxygen atoms in total. The number of phenolic OH excluding ortho intramolecular Hbond substituents is 1. The van der Waals surface area contributed by atoms with E-state index in [4.69, 9.17) is 15.9 Å². The Kier molecular flexibility index (Phi) is 20.6. The molecular formula is C46H65N11O9. The number of guanidine groups is 1. The van der Waals surface area contributed by atoms with Crippen molar-refractivity contribution >= 4 is 58.1 Å². The predicted octanol–water partition coefficient (Wildman–Crippen LogP) is -0.672. The van der Waals surface area contributed by atoms with Gasteiger partial charge in [0.2, 0.25) is 35.4 Å². The summed E-state index contributed by atoms with van der Waals surface area (Å²) in [5.41, 5.74) is 6.80. The van der Waals surface area contributed by atoms with Crippen LogP contribution in [0.25, 0.3) is 10.8 Å². The third kappa shape index (κ3) is 17.0. The Morgan fingerprint density at radius 1 is 0.818 bits per heavy atom. The van der Waals surface area contributed by atoms with Gasteiger partial charge in [0.1, 0.15) is 29.9 Å². The Hall–Kier alpha value is -6.80. The fraction of sp³-hybridized carbons (Fsp3) is 0.478. The largest absolute Gasteiger partial charge is 0.508 e. The lowest BCUT2D eigenvalue weighted by atomic mass is 10.00. The van der Waals surface area contributed by atoms with Crippen molar-refractivity contribution in [2.24, 2.45) is 5.73 Å². The molecule has 4 atom stereocenters. The van der Waals surface area contributed by atoms with Crippen molar-refractivity contribution in [3.8, 4) is 5.75 Å². The Labute approximate surface area is 385 Å². The minimum Gasteiger partial charge on any atom is -0.508 e. The number of carbonyl (C=O) groups excluding carboxylic acids is 7. The molecule has 1 heterocycles. The number of ether oxygens (including phenoxy) is 1. The zero-order chi connectivity index (χ0) is 48.2. The molecule has 3 aromatic rings. The van der Waals surface area contributed by atoms with E-state index >= 15 is 0 Å². The van der Waals surface area contributed by atoms with Crippen LogP contribution < -0.4 is 37.6 Å². The topological polar surface area (TPSA) is 281 Å². The molecule has 10 N–H and O–H groups in total. The van der Waals surface area contributed by atoms with Gasteiger partial charge >= 0.3 is 5.97 Å². The number of fused-ring (bicyclic) bond motifs is 1. The second-order valence-corrected chi connectivity index (χ2v) is 16.3. The number of aromatic hydroxyl groups is 1. The van der Waals surface area contributed by atoms with Gasteiger partial charge in [-0.25, -0.2) is 0 Å². The molecule has 0 aromatic heterocycles. The van der Waals surface area contributed by atoms with Crippen molar-refractivity contribution in [2.45, 2.75) is 69.6 Å². The van der Waals surface area contributed by atoms with Gasteiger partial charge in [-0.3, -0.25) is 48.8 Å². The number of likely N-dealkylation sites (N-methyl/N-ethyl adjacent to an activating group) is 3. The van der Waals surface area contributed by atoms with Gasteiger partial charge in [-0.05, 0) is 73.3 Å². The van der Waals surface area contributed by atoms with Crippen LogP contribution in [0.1, 0.15) is 43.7 Å². The number of phenols is 1. The minimum atomic E-state index is -1.22. The van der Waals surface area contributed by atoms with Crippen molar-refractivity contribution in [1.82, 2.24) is 46.6 Å². The van der Waals surface area contributed by atoms with Crippen LogP contribution in [0.2, 0.25) is 0 Å². The fourth-order valence-corrected chi connectivity index (χ4v) is 7.46. The zero-order valence-corrected chi connectivity index (χ0v) is 38.2. The van der Waals surface area contributed by atoms with Crippen molar-refractivity contribution in [1.29, 1.82) is 5.41 Å². The SMILES string of the molecule is CCN(CCN(C)CC(=O)OC)CC(=O)NCCC[C@@H]1C(=O)N[C@@H](CCCNC(=N)N)C(=O)N[C@@H](Cc2ccc3ccccc3c2)C(=O)NCC(=O)N[C@H](Cc2ccc(O)cc2)C(=O)N1C. The summed E-state index contributed by atoms with van der Waals surface area (Å²) in [6.07, 6.45) is 0.604. The summed E-state index contributed by atoms with van der Waals surface area (Å²) < 4.78 is 4.72. The number of nitrogens with two attached hydrogens (primary N) is 1. The van der Waals surface area contributed by atoms with Gasteiger partial charge in [0.05, 0.1) is 26.7 Å². The quantitative estimate of drug-likeness (QED) is 0.0295. The number of benzene rings is 3. The summed E-state index contributed by atoms with van der Waals surface area (Å²) in [4.78, 5) is 100. The molecule has 20 heteroatoms. The molecule has 0 unspecified atom stereocenters. The number of esters is 1. The van der Waals surface area contributed by atoms with Crippen molar-refractivity contribution < 1.29 is 43.4 Å². The van der Waals surface area contributed by atoms with E-state index in [2.05, 4.69) is 31.9 Å². The molecule has 0 bridgehead atoms. The first-order valence-electron chi connectivity index (χ1n) is 22.1. The maximum absolute atomic E-state index is 14.5. The van der Waals surface area contributed by atoms with E-state index in [9.17, 15) is 38.7 Å². The van der Waals surface area contributed by atoms with Crippen LogP contribution in [0.3, 0.4) is 0 Å². The average Bonchev–Trinajstić information content (AvgIpc) is 3.29. The number of amides is 6. The molecule has 66 heavy (non-hydrogen) atoms. The van der Waals surface area contributed by atoms with Gasteiger partial charge in [-0.15, -0.1) is 0 Å². The standard InChI is InChI=1S/C46H65N11O9/c1-5-57(23-22-55(2)29-41(61)66-4)28-40(60)49-20-9-13-38-44(64)53-35(12-8-21-50-46(47)48)43(63)54-36(26-31-14-17-32-10-6-7-11-33(32)24-31)42(62)51-27-39(59)52-37(45(65)56(38)3)25-30-15-18-34(58)19-16-30/h6-7,10-11,14-19,24,35-38,58H,5,8-9,12-13,20-23,25-29H2,1-4H3,(H,49,60)(H,51,62)(H,52,59)(H,53,64)(H,54,63)(H4,47,48,50)/t35-,36-,37+,38+/m0/s1. The second-order valence-electron chi connectivity index (χ2n) is 16.3. The number of hydrogen-bond donors (Lipinski definition) is 9. The molecule has 0 radical (unpaired) electrons. The summed E-state index contributed by atoms with van der Waals surface area (Å²) in [6.45, 7) is 3.52. The van der Waals surface area contributed by atoms with Crippen molar-refractivity contribution in [3.63, 3.8) is 0 Å². The van der Waals surface area contributed by atoms with E-state index in [0.717, 1.165) is 16.3 Å². The van der Waals surface area contributed by atoms with Crippen LogP contribution in [-0.2, 0) is 51.1 Å². The van der Waals surface area contributed by atoms with Gasteiger partial charge in [0.25, 0.3) is 0 Å². The summed E-state index contributed by atoms with van der Waals surface area (Å²) in [6, 6.07) is 14.6. The third-order valence-electron chi connectivity index (χ3n) is 11.3. The second kappa shape index (κ2) is 26.2. The van der Waals surface area contributed by atoms with E-state index in [1.807, 2.05) is 54.3 Å². The predicted molar refractivity (Wildman–Crippen MR) is 248 cm³/mol. The first kappa shape index (κ1) is 51.8. The molecule has 1 saturated heterocycles. The number of nitrogens with zero attached hydrogens (tertiary/aromatic N) is 3. The first-order chi connectivity index (χ1) is 31.6. The van der Waals surface area contributed by atoms with E-state index in [0.29, 0.717) is 25.2 Å². The zero-order valence-electron chi connectivity index (χ0n) is 38.2. The molecule has 0 spiro atoms. The molecule has 0 aliphatic carbocycles. The van der Waals surface area contributed by atoms with Gasteiger partial charge in [-0.1, -0.05) is 61.5 Å². The first-order valence-corrected chi connectivity index (χ1v) is 22.1. The lowest BCUT2D eigenvalue weighted by Gasteiger charge is -2.32. The van der Waals surface area contributed by atoms with E-state index < -0.39 is 60.2 Å². The van der Waals surface area contributed by atoms with Crippen molar-refractivity contribution in [3.05, 3.63) is 77.9 Å². The molecular weight excluding hydrogens is 851 g/mol. The Morgan fingerprint density at radius 2 is 1.47 bits per heavy atom. The smallest absolute Gasteiger partial charge is 0.319 e. The molecule has 3 aromatic carbocycles. The normalized spacial score (nSPS) is 18.7. The van der Waals surface area contributed by atoms with Crippen molar-refractivity contribution in [2.75, 3.05) is 73.6 Å². The highest BCUT2D eigenvalue weighted by atomic mass is 16.5. The van der Waals surface area contributed by atoms with Gasteiger partial charge in [0.15, 0.2) is 5.96 Å². The van der Waals surface area contributed by atoms with Crippen LogP contribution in [0.15, 0.2) is 66.7 Å². The highest BCUT2D eigenvalue weighted by Crippen LogP contribution is 2.18. The van der Waals surface area contributed by atoms with Gasteiger partial charge in [0, 0.05) is 46.1 Å². The fourth-order valence-electron chi connectivity index (χ4n) is 7.46. The number of methoxy groups -OCH3 is 1. The maximum Gasteiger partial charge on any atom is 0.319 e. The molecule has 0 saturated carbocycles. The molecule has 358 valence electrons.